The molecule has 12 nitrogen and oxygen atoms in total. The van der Waals surface area contributed by atoms with Crippen LogP contribution in [0, 0.1) is 5.82 Å². The lowest BCUT2D eigenvalue weighted by atomic mass is 10.0. The summed E-state index contributed by atoms with van der Waals surface area (Å²) in [6.07, 6.45) is -3.37. The number of nitrogens with one attached hydrogen (secondary N) is 1. The van der Waals surface area contributed by atoms with E-state index < -0.39 is 71.9 Å². The summed E-state index contributed by atoms with van der Waals surface area (Å²) >= 11 is 0. The quantitative estimate of drug-likeness (QED) is 0.440. The molecule has 4 rings (SSSR count). The minimum absolute atomic E-state index is 0.149. The number of carbonyl (C=O) groups is 4. The van der Waals surface area contributed by atoms with Gasteiger partial charge in [-0.25, -0.2) is 4.79 Å². The number of carbonyl (C=O) groups excluding carboxylic acids is 4. The summed E-state index contributed by atoms with van der Waals surface area (Å²) in [6.45, 7) is 1.76. The van der Waals surface area contributed by atoms with Crippen molar-refractivity contribution in [3.05, 3.63) is 68.2 Å². The summed E-state index contributed by atoms with van der Waals surface area (Å²) < 4.78 is 30.9. The molecular weight excluding hydrogens is 469 g/mol. The molecule has 0 saturated carbocycles. The van der Waals surface area contributed by atoms with Crippen LogP contribution in [0.15, 0.2) is 40.1 Å². The van der Waals surface area contributed by atoms with E-state index in [0.717, 1.165) is 23.3 Å². The van der Waals surface area contributed by atoms with E-state index in [4.69, 9.17) is 14.2 Å². The number of aromatic nitrogens is 2. The molecule has 0 unspecified atom stereocenters. The van der Waals surface area contributed by atoms with Gasteiger partial charge < -0.3 is 14.2 Å². The second-order valence-electron chi connectivity index (χ2n) is 7.98. The smallest absolute Gasteiger partial charge is 0.330 e. The van der Waals surface area contributed by atoms with Crippen LogP contribution in [0.5, 0.6) is 0 Å². The SMILES string of the molecule is CC(=O)OC[C@@H](OC(C)=O)[C@H]1O[C@H](n2cc(F)c(=O)[nH]c2=O)C[C@H]1N1C(=O)c2ccccc2C1=O. The Hall–Kier alpha value is -4.13. The van der Waals surface area contributed by atoms with Crippen molar-refractivity contribution in [3.63, 3.8) is 0 Å². The molecule has 0 spiro atoms. The number of H-pyrrole nitrogens is 1. The summed E-state index contributed by atoms with van der Waals surface area (Å²) in [7, 11) is 0. The van der Waals surface area contributed by atoms with E-state index >= 15 is 0 Å². The van der Waals surface area contributed by atoms with Gasteiger partial charge in [-0.05, 0) is 12.1 Å². The van der Waals surface area contributed by atoms with Gasteiger partial charge in [0.1, 0.15) is 18.9 Å². The first kappa shape index (κ1) is 24.0. The van der Waals surface area contributed by atoms with Crippen molar-refractivity contribution in [2.24, 2.45) is 0 Å². The highest BCUT2D eigenvalue weighted by molar-refractivity contribution is 6.21. The maximum absolute atomic E-state index is 13.9. The second-order valence-corrected chi connectivity index (χ2v) is 7.98. The van der Waals surface area contributed by atoms with Crippen LogP contribution in [0.3, 0.4) is 0 Å². The predicted octanol–water partition coefficient (Wildman–Crippen LogP) is 0.123. The lowest BCUT2D eigenvalue weighted by molar-refractivity contribution is -0.169. The van der Waals surface area contributed by atoms with E-state index in [9.17, 15) is 33.2 Å². The first-order valence-electron chi connectivity index (χ1n) is 10.5. The highest BCUT2D eigenvalue weighted by Crippen LogP contribution is 2.38. The number of halogens is 1. The first-order valence-corrected chi connectivity index (χ1v) is 10.5. The predicted molar refractivity (Wildman–Crippen MR) is 113 cm³/mol. The number of ether oxygens (including phenoxy) is 3. The summed E-state index contributed by atoms with van der Waals surface area (Å²) in [4.78, 5) is 76.0. The maximum atomic E-state index is 13.9. The van der Waals surface area contributed by atoms with Crippen LogP contribution in [-0.4, -0.2) is 63.1 Å². The standard InChI is InChI=1S/C22H20FN3O9/c1-10(27)33-9-16(34-11(2)28)18-15(26-20(30)12-5-3-4-6-13(12)21(26)31)7-17(35-18)25-8-14(23)19(29)24-22(25)32/h3-6,8,15-18H,7,9H2,1-2H3,(H,24,29,32)/t15-,16-,17+,18+/m1/s1. The number of esters is 2. The molecule has 2 amide bonds. The van der Waals surface area contributed by atoms with Gasteiger partial charge in [0.15, 0.2) is 6.10 Å². The van der Waals surface area contributed by atoms with E-state index in [2.05, 4.69) is 0 Å². The van der Waals surface area contributed by atoms with E-state index in [1.54, 1.807) is 12.1 Å². The van der Waals surface area contributed by atoms with Gasteiger partial charge >= 0.3 is 17.6 Å². The average Bonchev–Trinajstić information content (AvgIpc) is 3.33. The van der Waals surface area contributed by atoms with Crippen molar-refractivity contribution >= 4 is 23.8 Å². The van der Waals surface area contributed by atoms with Gasteiger partial charge in [-0.2, -0.15) is 4.39 Å². The minimum Gasteiger partial charge on any atom is -0.462 e. The number of imide groups is 1. The Morgan fingerprint density at radius 1 is 1.11 bits per heavy atom. The highest BCUT2D eigenvalue weighted by Gasteiger charge is 2.51. The zero-order valence-electron chi connectivity index (χ0n) is 18.6. The van der Waals surface area contributed by atoms with Crippen molar-refractivity contribution in [3.8, 4) is 0 Å². The fraction of sp³-hybridized carbons (Fsp3) is 0.364. The Balaban J connectivity index is 1.76. The lowest BCUT2D eigenvalue weighted by Gasteiger charge is -2.31. The molecule has 0 radical (unpaired) electrons. The molecule has 2 aromatic rings. The van der Waals surface area contributed by atoms with Crippen LogP contribution in [0.2, 0.25) is 0 Å². The lowest BCUT2D eigenvalue weighted by Crippen LogP contribution is -2.51. The van der Waals surface area contributed by atoms with Gasteiger partial charge in [0.05, 0.1) is 23.4 Å². The van der Waals surface area contributed by atoms with Crippen molar-refractivity contribution < 1.29 is 37.8 Å². The average molecular weight is 489 g/mol. The first-order chi connectivity index (χ1) is 16.6. The molecule has 0 aliphatic carbocycles. The fourth-order valence-electron chi connectivity index (χ4n) is 4.23. The third-order valence-corrected chi connectivity index (χ3v) is 5.66. The molecule has 1 fully saturated rings. The molecule has 1 aromatic carbocycles. The van der Waals surface area contributed by atoms with Crippen LogP contribution < -0.4 is 11.2 Å². The van der Waals surface area contributed by atoms with Gasteiger partial charge in [-0.1, -0.05) is 12.1 Å². The third-order valence-electron chi connectivity index (χ3n) is 5.66. The molecule has 3 heterocycles. The number of rotatable bonds is 6. The summed E-state index contributed by atoms with van der Waals surface area (Å²) in [5.74, 6) is -3.99. The van der Waals surface area contributed by atoms with E-state index in [-0.39, 0.29) is 17.5 Å². The second kappa shape index (κ2) is 9.25. The zero-order chi connectivity index (χ0) is 25.4. The molecular formula is C22H20FN3O9. The van der Waals surface area contributed by atoms with Crippen molar-refractivity contribution in [2.75, 3.05) is 6.61 Å². The number of hydrogen-bond acceptors (Lipinski definition) is 9. The molecule has 35 heavy (non-hydrogen) atoms. The zero-order valence-corrected chi connectivity index (χ0v) is 18.6. The summed E-state index contributed by atoms with van der Waals surface area (Å²) in [6, 6.07) is 5.02. The van der Waals surface area contributed by atoms with Crippen molar-refractivity contribution in [2.45, 2.75) is 44.7 Å². The number of nitrogens with zero attached hydrogens (tertiary/aromatic N) is 2. The fourth-order valence-corrected chi connectivity index (χ4v) is 4.23. The van der Waals surface area contributed by atoms with Crippen LogP contribution in [0.25, 0.3) is 0 Å². The van der Waals surface area contributed by atoms with E-state index in [1.165, 1.54) is 12.1 Å². The van der Waals surface area contributed by atoms with Crippen molar-refractivity contribution in [1.29, 1.82) is 0 Å². The molecule has 2 aliphatic rings. The number of aromatic amines is 1. The van der Waals surface area contributed by atoms with Crippen LogP contribution >= 0.6 is 0 Å². The molecule has 184 valence electrons. The number of fused-ring (bicyclic) bond motifs is 1. The monoisotopic (exact) mass is 489 g/mol. The van der Waals surface area contributed by atoms with Gasteiger partial charge in [-0.15, -0.1) is 0 Å². The van der Waals surface area contributed by atoms with Gasteiger partial charge in [0.25, 0.3) is 17.4 Å². The summed E-state index contributed by atoms with van der Waals surface area (Å²) in [5, 5.41) is 0. The maximum Gasteiger partial charge on any atom is 0.330 e. The Morgan fingerprint density at radius 2 is 1.74 bits per heavy atom. The Morgan fingerprint density at radius 3 is 2.31 bits per heavy atom. The molecule has 4 atom stereocenters. The van der Waals surface area contributed by atoms with Crippen molar-refractivity contribution in [1.82, 2.24) is 14.5 Å². The molecule has 1 N–H and O–H groups in total. The highest BCUT2D eigenvalue weighted by atomic mass is 19.1. The topological polar surface area (TPSA) is 154 Å². The molecule has 1 saturated heterocycles. The molecule has 1 aromatic heterocycles. The minimum atomic E-state index is -1.28. The molecule has 0 bridgehead atoms. The van der Waals surface area contributed by atoms with Crippen LogP contribution in [0.1, 0.15) is 47.2 Å². The Kier molecular flexibility index (Phi) is 6.35. The van der Waals surface area contributed by atoms with E-state index in [0.29, 0.717) is 6.20 Å². The largest absolute Gasteiger partial charge is 0.462 e. The third kappa shape index (κ3) is 4.49. The number of amides is 2. The Bertz CT molecular complexity index is 1300. The number of benzene rings is 1. The van der Waals surface area contributed by atoms with E-state index in [1.807, 2.05) is 4.98 Å². The van der Waals surface area contributed by atoms with Crippen LogP contribution in [-0.2, 0) is 23.8 Å². The normalized spacial score (nSPS) is 22.1. The number of hydrogen-bond donors (Lipinski definition) is 1. The summed E-state index contributed by atoms with van der Waals surface area (Å²) in [5.41, 5.74) is -1.93. The molecule has 13 heteroatoms. The van der Waals surface area contributed by atoms with Gasteiger partial charge in [0.2, 0.25) is 5.82 Å². The Labute approximate surface area is 196 Å². The molecule has 2 aliphatic heterocycles. The van der Waals surface area contributed by atoms with Crippen LogP contribution in [0.4, 0.5) is 4.39 Å². The van der Waals surface area contributed by atoms with Gasteiger partial charge in [-0.3, -0.25) is 38.4 Å². The van der Waals surface area contributed by atoms with Gasteiger partial charge in [0, 0.05) is 20.3 Å².